The Morgan fingerprint density at radius 1 is 1.32 bits per heavy atom. The third kappa shape index (κ3) is 6.29. The van der Waals surface area contributed by atoms with Crippen LogP contribution in [0.25, 0.3) is 0 Å². The van der Waals surface area contributed by atoms with Crippen LogP contribution in [-0.4, -0.2) is 36.3 Å². The largest absolute Gasteiger partial charge is 1.00 e. The van der Waals surface area contributed by atoms with Crippen molar-refractivity contribution >= 4 is 11.7 Å². The van der Waals surface area contributed by atoms with E-state index in [0.717, 1.165) is 5.56 Å². The molecule has 0 bridgehead atoms. The molecule has 1 aromatic carbocycles. The van der Waals surface area contributed by atoms with Crippen molar-refractivity contribution in [3.05, 3.63) is 70.7 Å². The van der Waals surface area contributed by atoms with E-state index in [9.17, 15) is 15.1 Å². The zero-order chi connectivity index (χ0) is 20.0. The number of amides is 1. The summed E-state index contributed by atoms with van der Waals surface area (Å²) in [6, 6.07) is 9.58. The molecular weight excluding hydrogens is 428 g/mol. The molecule has 3 atom stereocenters. The van der Waals surface area contributed by atoms with E-state index in [4.69, 9.17) is 15.9 Å². The Balaban J connectivity index is 0.00000392. The SMILES string of the molecule is COC(O)[C@H](Cc1cccc(C(=N)N)c1)[C@@H](C)NC(=O)c1cc[n+]([O-])cc1.[Br-]. The molecule has 1 aromatic heterocycles. The summed E-state index contributed by atoms with van der Waals surface area (Å²) >= 11 is 0. The molecule has 1 heterocycles. The van der Waals surface area contributed by atoms with Gasteiger partial charge in [0.05, 0.1) is 5.56 Å². The van der Waals surface area contributed by atoms with Gasteiger partial charge in [-0.3, -0.25) is 10.2 Å². The van der Waals surface area contributed by atoms with E-state index < -0.39 is 18.2 Å². The summed E-state index contributed by atoms with van der Waals surface area (Å²) in [7, 11) is 1.39. The number of amidine groups is 1. The molecule has 5 N–H and O–H groups in total. The number of rotatable bonds is 8. The number of nitrogens with two attached hydrogens (primary N) is 1. The van der Waals surface area contributed by atoms with Gasteiger partial charge in [-0.05, 0) is 25.0 Å². The molecule has 1 unspecified atom stereocenters. The van der Waals surface area contributed by atoms with E-state index in [1.807, 2.05) is 6.07 Å². The minimum atomic E-state index is -1.10. The average Bonchev–Trinajstić information content (AvgIpc) is 2.66. The number of aliphatic hydroxyl groups excluding tert-OH is 1. The summed E-state index contributed by atoms with van der Waals surface area (Å²) < 4.78 is 5.68. The zero-order valence-corrected chi connectivity index (χ0v) is 17.2. The van der Waals surface area contributed by atoms with Crippen LogP contribution in [0.4, 0.5) is 0 Å². The van der Waals surface area contributed by atoms with Crippen LogP contribution < -0.4 is 32.8 Å². The fraction of sp³-hybridized carbons (Fsp3) is 0.316. The number of pyridine rings is 1. The number of nitrogens with one attached hydrogen (secondary N) is 2. The number of carbonyl (C=O) groups is 1. The highest BCUT2D eigenvalue weighted by atomic mass is 79.9. The van der Waals surface area contributed by atoms with E-state index in [1.54, 1.807) is 25.1 Å². The summed E-state index contributed by atoms with van der Waals surface area (Å²) in [5, 5.41) is 31.7. The van der Waals surface area contributed by atoms with Crippen molar-refractivity contribution in [2.75, 3.05) is 7.11 Å². The summed E-state index contributed by atoms with van der Waals surface area (Å²) in [5.41, 5.74) is 7.32. The predicted octanol–water partition coefficient (Wildman–Crippen LogP) is -2.45. The van der Waals surface area contributed by atoms with Gasteiger partial charge in [-0.15, -0.1) is 0 Å². The van der Waals surface area contributed by atoms with Crippen LogP contribution in [0.3, 0.4) is 0 Å². The molecule has 8 nitrogen and oxygen atoms in total. The van der Waals surface area contributed by atoms with Gasteiger partial charge < -0.3 is 43.1 Å². The maximum Gasteiger partial charge on any atom is 0.251 e. The molecule has 0 spiro atoms. The summed E-state index contributed by atoms with van der Waals surface area (Å²) in [4.78, 5) is 12.4. The summed E-state index contributed by atoms with van der Waals surface area (Å²) in [5.74, 6) is -0.829. The van der Waals surface area contributed by atoms with Crippen molar-refractivity contribution in [1.82, 2.24) is 5.32 Å². The van der Waals surface area contributed by atoms with Gasteiger partial charge in [0.1, 0.15) is 5.84 Å². The Morgan fingerprint density at radius 3 is 2.54 bits per heavy atom. The number of ether oxygens (including phenoxy) is 1. The molecule has 1 amide bonds. The lowest BCUT2D eigenvalue weighted by Crippen LogP contribution is -3.00. The molecule has 2 aromatic rings. The Labute approximate surface area is 174 Å². The number of halogens is 1. The first kappa shape index (κ1) is 23.5. The van der Waals surface area contributed by atoms with Crippen LogP contribution >= 0.6 is 0 Å². The highest BCUT2D eigenvalue weighted by molar-refractivity contribution is 5.95. The van der Waals surface area contributed by atoms with Gasteiger partial charge in [-0.1, -0.05) is 18.2 Å². The van der Waals surface area contributed by atoms with Crippen molar-refractivity contribution in [2.45, 2.75) is 25.7 Å². The Kier molecular flexibility index (Phi) is 9.04. The summed E-state index contributed by atoms with van der Waals surface area (Å²) in [6.45, 7) is 1.77. The van der Waals surface area contributed by atoms with Crippen molar-refractivity contribution in [3.63, 3.8) is 0 Å². The Bertz CT molecular complexity index is 801. The van der Waals surface area contributed by atoms with Crippen LogP contribution in [0.1, 0.15) is 28.4 Å². The molecule has 0 aliphatic heterocycles. The van der Waals surface area contributed by atoms with Gasteiger partial charge in [0.15, 0.2) is 18.7 Å². The number of aliphatic hydroxyl groups is 1. The number of carbonyl (C=O) groups excluding carboxylic acids is 1. The van der Waals surface area contributed by atoms with E-state index in [1.165, 1.54) is 31.6 Å². The molecule has 0 aliphatic carbocycles. The Morgan fingerprint density at radius 2 is 1.96 bits per heavy atom. The third-order valence-electron chi connectivity index (χ3n) is 4.38. The van der Waals surface area contributed by atoms with Gasteiger partial charge >= 0.3 is 0 Å². The number of benzene rings is 1. The number of nitrogen functional groups attached to an aromatic ring is 1. The van der Waals surface area contributed by atoms with E-state index in [0.29, 0.717) is 22.3 Å². The molecule has 0 aliphatic rings. The number of aromatic nitrogens is 1. The van der Waals surface area contributed by atoms with Crippen molar-refractivity contribution in [3.8, 4) is 0 Å². The lowest BCUT2D eigenvalue weighted by Gasteiger charge is -2.28. The lowest BCUT2D eigenvalue weighted by molar-refractivity contribution is -0.605. The van der Waals surface area contributed by atoms with Crippen LogP contribution in [0.5, 0.6) is 0 Å². The fourth-order valence-corrected chi connectivity index (χ4v) is 2.80. The molecular formula is C19H24BrN4O4-. The maximum atomic E-state index is 12.4. The molecule has 28 heavy (non-hydrogen) atoms. The minimum Gasteiger partial charge on any atom is -1.00 e. The molecule has 152 valence electrons. The van der Waals surface area contributed by atoms with Gasteiger partial charge in [-0.25, -0.2) is 0 Å². The fourth-order valence-electron chi connectivity index (χ4n) is 2.80. The second kappa shape index (κ2) is 10.7. The topological polar surface area (TPSA) is 135 Å². The molecule has 2 rings (SSSR count). The average molecular weight is 452 g/mol. The second-order valence-corrected chi connectivity index (χ2v) is 6.32. The zero-order valence-electron chi connectivity index (χ0n) is 15.6. The Hall–Kier alpha value is -2.49. The lowest BCUT2D eigenvalue weighted by atomic mass is 9.91. The van der Waals surface area contributed by atoms with Crippen molar-refractivity contribution < 1.29 is 36.3 Å². The van der Waals surface area contributed by atoms with E-state index >= 15 is 0 Å². The third-order valence-corrected chi connectivity index (χ3v) is 4.38. The van der Waals surface area contributed by atoms with Gasteiger partial charge in [0.25, 0.3) is 5.91 Å². The van der Waals surface area contributed by atoms with Crippen molar-refractivity contribution in [1.29, 1.82) is 5.41 Å². The number of methoxy groups -OCH3 is 1. The second-order valence-electron chi connectivity index (χ2n) is 6.32. The van der Waals surface area contributed by atoms with Gasteiger partial charge in [0.2, 0.25) is 0 Å². The maximum absolute atomic E-state index is 12.4. The normalized spacial score (nSPS) is 13.7. The van der Waals surface area contributed by atoms with Crippen LogP contribution in [0.15, 0.2) is 48.8 Å². The molecule has 9 heteroatoms. The monoisotopic (exact) mass is 451 g/mol. The number of hydrogen-bond acceptors (Lipinski definition) is 5. The number of hydrogen-bond donors (Lipinski definition) is 4. The van der Waals surface area contributed by atoms with Crippen LogP contribution in [0, 0.1) is 16.5 Å². The molecule has 0 saturated heterocycles. The smallest absolute Gasteiger partial charge is 0.251 e. The van der Waals surface area contributed by atoms with E-state index in [-0.39, 0.29) is 28.7 Å². The highest BCUT2D eigenvalue weighted by Gasteiger charge is 2.27. The molecule has 0 fully saturated rings. The van der Waals surface area contributed by atoms with Crippen LogP contribution in [-0.2, 0) is 11.2 Å². The predicted molar refractivity (Wildman–Crippen MR) is 100.0 cm³/mol. The highest BCUT2D eigenvalue weighted by Crippen LogP contribution is 2.19. The number of nitrogens with zero attached hydrogens (tertiary/aromatic N) is 1. The molecule has 0 radical (unpaired) electrons. The quantitative estimate of drug-likeness (QED) is 0.116. The molecule has 0 saturated carbocycles. The standard InChI is InChI=1S/C19H24N4O4.BrH/c1-12(22-18(24)14-6-8-23(26)9-7-14)16(19(25)27-2)11-13-4-3-5-15(10-13)17(20)21;/h3-10,12,16,19,25H,11H2,1-2H3,(H3,20,21)(H,22,24);1H/p-1/t12-,16-,19?;/m1./s1. The first-order chi connectivity index (χ1) is 12.8. The van der Waals surface area contributed by atoms with Gasteiger partial charge in [0, 0.05) is 36.8 Å². The first-order valence-corrected chi connectivity index (χ1v) is 8.45. The van der Waals surface area contributed by atoms with Crippen molar-refractivity contribution in [2.24, 2.45) is 11.7 Å². The van der Waals surface area contributed by atoms with E-state index in [2.05, 4.69) is 5.32 Å². The minimum absolute atomic E-state index is 0. The first-order valence-electron chi connectivity index (χ1n) is 8.45. The van der Waals surface area contributed by atoms with Crippen LogP contribution in [0.2, 0.25) is 0 Å². The summed E-state index contributed by atoms with van der Waals surface area (Å²) in [6.07, 6.45) is 1.80. The van der Waals surface area contributed by atoms with Gasteiger partial charge in [-0.2, -0.15) is 4.73 Å².